The van der Waals surface area contributed by atoms with Gasteiger partial charge in [-0.1, -0.05) is 102 Å². The van der Waals surface area contributed by atoms with E-state index >= 15 is 0 Å². The third-order valence-electron chi connectivity index (χ3n) is 4.48. The van der Waals surface area contributed by atoms with Crippen LogP contribution in [0.25, 0.3) is 21.5 Å². The first kappa shape index (κ1) is 18.5. The maximum absolute atomic E-state index is 6.63. The lowest BCUT2D eigenvalue weighted by molar-refractivity contribution is 1.25. The summed E-state index contributed by atoms with van der Waals surface area (Å²) < 4.78 is 0. The van der Waals surface area contributed by atoms with Crippen molar-refractivity contribution in [2.45, 2.75) is 5.75 Å². The molecule has 0 aliphatic rings. The second-order valence-corrected chi connectivity index (χ2v) is 7.65. The summed E-state index contributed by atoms with van der Waals surface area (Å²) in [5.74, 6) is 0.762. The van der Waals surface area contributed by atoms with Crippen molar-refractivity contribution >= 4 is 56.3 Å². The Morgan fingerprint density at radius 1 is 0.821 bits per heavy atom. The molecule has 0 aromatic heterocycles. The molecule has 4 rings (SSSR count). The number of rotatable bonds is 4. The van der Waals surface area contributed by atoms with Crippen molar-refractivity contribution in [3.8, 4) is 0 Å². The van der Waals surface area contributed by atoms with Crippen LogP contribution >= 0.6 is 23.4 Å². The summed E-state index contributed by atoms with van der Waals surface area (Å²) in [6.45, 7) is 0. The van der Waals surface area contributed by atoms with Crippen LogP contribution in [-0.2, 0) is 5.75 Å². The average molecular weight is 404 g/mol. The molecule has 0 saturated carbocycles. The predicted molar refractivity (Wildman–Crippen MR) is 123 cm³/mol. The molecule has 4 aromatic carbocycles. The number of fused-ring (bicyclic) bond motifs is 2. The smallest absolute Gasteiger partial charge is 0.180 e. The zero-order valence-corrected chi connectivity index (χ0v) is 16.6. The molecule has 0 fully saturated rings. The highest BCUT2D eigenvalue weighted by molar-refractivity contribution is 8.13. The van der Waals surface area contributed by atoms with E-state index in [1.807, 2.05) is 66.7 Å². The predicted octanol–water partition coefficient (Wildman–Crippen LogP) is 6.23. The molecule has 138 valence electrons. The molecule has 0 unspecified atom stereocenters. The fourth-order valence-corrected chi connectivity index (χ4v) is 4.09. The third kappa shape index (κ3) is 3.88. The molecule has 0 heterocycles. The van der Waals surface area contributed by atoms with Gasteiger partial charge in [-0.15, -0.1) is 5.10 Å². The zero-order chi connectivity index (χ0) is 19.3. The van der Waals surface area contributed by atoms with Gasteiger partial charge < -0.3 is 5.73 Å². The van der Waals surface area contributed by atoms with Crippen LogP contribution in [0.3, 0.4) is 0 Å². The van der Waals surface area contributed by atoms with E-state index in [9.17, 15) is 0 Å². The average Bonchev–Trinajstić information content (AvgIpc) is 2.75. The molecule has 0 saturated heterocycles. The van der Waals surface area contributed by atoms with Gasteiger partial charge in [-0.25, -0.2) is 0 Å². The fourth-order valence-electron chi connectivity index (χ4n) is 3.15. The van der Waals surface area contributed by atoms with E-state index in [0.717, 1.165) is 37.9 Å². The minimum atomic E-state index is 0.433. The number of nitrogens with two attached hydrogens (primary N) is 1. The van der Waals surface area contributed by atoms with Crippen molar-refractivity contribution in [2.24, 2.45) is 15.9 Å². The molecule has 0 radical (unpaired) electrons. The first-order chi connectivity index (χ1) is 13.7. The quantitative estimate of drug-likeness (QED) is 0.190. The van der Waals surface area contributed by atoms with Crippen LogP contribution in [0.15, 0.2) is 89.1 Å². The van der Waals surface area contributed by atoms with E-state index in [1.54, 1.807) is 6.21 Å². The Kier molecular flexibility index (Phi) is 5.60. The number of benzene rings is 4. The van der Waals surface area contributed by atoms with E-state index in [2.05, 4.69) is 22.3 Å². The van der Waals surface area contributed by atoms with Gasteiger partial charge in [0.25, 0.3) is 0 Å². The van der Waals surface area contributed by atoms with Gasteiger partial charge >= 0.3 is 0 Å². The van der Waals surface area contributed by atoms with E-state index in [0.29, 0.717) is 5.17 Å². The Labute approximate surface area is 172 Å². The summed E-state index contributed by atoms with van der Waals surface area (Å²) in [5.41, 5.74) is 8.20. The second-order valence-electron chi connectivity index (χ2n) is 6.28. The highest BCUT2D eigenvalue weighted by atomic mass is 35.5. The lowest BCUT2D eigenvalue weighted by atomic mass is 9.97. The maximum atomic E-state index is 6.63. The van der Waals surface area contributed by atoms with Gasteiger partial charge in [-0.05, 0) is 16.3 Å². The first-order valence-corrected chi connectivity index (χ1v) is 10.2. The molecule has 0 aliphatic heterocycles. The third-order valence-corrected chi connectivity index (χ3v) is 5.74. The molecule has 3 nitrogen and oxygen atoms in total. The molecular formula is C23H18ClN3S. The van der Waals surface area contributed by atoms with Crippen molar-refractivity contribution in [3.05, 3.63) is 95.0 Å². The van der Waals surface area contributed by atoms with Gasteiger partial charge in [0.2, 0.25) is 0 Å². The molecule has 0 atom stereocenters. The summed E-state index contributed by atoms with van der Waals surface area (Å²) in [7, 11) is 0. The molecule has 4 aromatic rings. The molecule has 0 bridgehead atoms. The number of hydrogen-bond acceptors (Lipinski definition) is 3. The van der Waals surface area contributed by atoms with Crippen molar-refractivity contribution in [1.82, 2.24) is 0 Å². The Bertz CT molecular complexity index is 1130. The van der Waals surface area contributed by atoms with Gasteiger partial charge in [0.15, 0.2) is 5.17 Å². The normalized spacial score (nSPS) is 12.2. The van der Waals surface area contributed by atoms with E-state index < -0.39 is 0 Å². The summed E-state index contributed by atoms with van der Waals surface area (Å²) in [5, 5.41) is 13.7. The molecule has 0 spiro atoms. The van der Waals surface area contributed by atoms with Crippen LogP contribution in [0.4, 0.5) is 0 Å². The summed E-state index contributed by atoms with van der Waals surface area (Å²) in [6.07, 6.45) is 1.76. The van der Waals surface area contributed by atoms with E-state index in [1.165, 1.54) is 17.3 Å². The molecule has 28 heavy (non-hydrogen) atoms. The number of thioether (sulfide) groups is 1. The molecular weight excluding hydrogens is 386 g/mol. The fraction of sp³-hybridized carbons (Fsp3) is 0.0435. The maximum Gasteiger partial charge on any atom is 0.180 e. The van der Waals surface area contributed by atoms with Gasteiger partial charge in [-0.2, -0.15) is 5.10 Å². The molecule has 5 heteroatoms. The van der Waals surface area contributed by atoms with E-state index in [-0.39, 0.29) is 0 Å². The van der Waals surface area contributed by atoms with Gasteiger partial charge in [-0.3, -0.25) is 0 Å². The standard InChI is InChI=1S/C23H18ClN3S/c24-22-19-12-6-4-10-17(19)21(18-11-5-7-13-20(18)22)14-26-27-23(25)28-15-16-8-2-1-3-9-16/h1-14H,15H2,(H2,25,27). The Hall–Kier alpha value is -2.82. The minimum Gasteiger partial charge on any atom is -0.377 e. The lowest BCUT2D eigenvalue weighted by Gasteiger charge is -2.10. The van der Waals surface area contributed by atoms with E-state index in [4.69, 9.17) is 17.3 Å². The van der Waals surface area contributed by atoms with Crippen LogP contribution in [0.2, 0.25) is 5.02 Å². The van der Waals surface area contributed by atoms with Crippen molar-refractivity contribution in [3.63, 3.8) is 0 Å². The summed E-state index contributed by atoms with van der Waals surface area (Å²) >= 11 is 8.10. The zero-order valence-electron chi connectivity index (χ0n) is 15.0. The lowest BCUT2D eigenvalue weighted by Crippen LogP contribution is -2.06. The van der Waals surface area contributed by atoms with Gasteiger partial charge in [0.05, 0.1) is 11.2 Å². The Balaban J connectivity index is 1.65. The Morgan fingerprint density at radius 2 is 1.36 bits per heavy atom. The number of nitrogens with zero attached hydrogens (tertiary/aromatic N) is 2. The van der Waals surface area contributed by atoms with Crippen molar-refractivity contribution < 1.29 is 0 Å². The number of amidine groups is 1. The monoisotopic (exact) mass is 403 g/mol. The highest BCUT2D eigenvalue weighted by Crippen LogP contribution is 2.35. The number of halogens is 1. The topological polar surface area (TPSA) is 50.7 Å². The van der Waals surface area contributed by atoms with Gasteiger partial charge in [0, 0.05) is 22.1 Å². The molecule has 0 amide bonds. The Morgan fingerprint density at radius 3 is 1.96 bits per heavy atom. The highest BCUT2D eigenvalue weighted by Gasteiger charge is 2.10. The van der Waals surface area contributed by atoms with Crippen LogP contribution in [-0.4, -0.2) is 11.4 Å². The first-order valence-electron chi connectivity index (χ1n) is 8.86. The van der Waals surface area contributed by atoms with Crippen LogP contribution in [0.5, 0.6) is 0 Å². The summed E-state index contributed by atoms with van der Waals surface area (Å²) in [6, 6.07) is 26.3. The van der Waals surface area contributed by atoms with Crippen molar-refractivity contribution in [2.75, 3.05) is 0 Å². The molecule has 0 aliphatic carbocycles. The van der Waals surface area contributed by atoms with Gasteiger partial charge in [0.1, 0.15) is 0 Å². The van der Waals surface area contributed by atoms with Crippen molar-refractivity contribution in [1.29, 1.82) is 0 Å². The minimum absolute atomic E-state index is 0.433. The van der Waals surface area contributed by atoms with Crippen LogP contribution in [0.1, 0.15) is 11.1 Å². The SMILES string of the molecule is NC(=NN=Cc1c2ccccc2c(Cl)c2ccccc12)SCc1ccccc1. The number of hydrogen-bond donors (Lipinski definition) is 1. The van der Waals surface area contributed by atoms with Crippen LogP contribution in [0, 0.1) is 0 Å². The largest absolute Gasteiger partial charge is 0.377 e. The van der Waals surface area contributed by atoms with Crippen LogP contribution < -0.4 is 5.73 Å². The summed E-state index contributed by atoms with van der Waals surface area (Å²) in [4.78, 5) is 0. The second kappa shape index (κ2) is 8.46. The molecule has 2 N–H and O–H groups in total.